The van der Waals surface area contributed by atoms with Gasteiger partial charge in [-0.15, -0.1) is 0 Å². The van der Waals surface area contributed by atoms with Crippen LogP contribution in [-0.4, -0.2) is 20.1 Å². The Labute approximate surface area is 149 Å². The summed E-state index contributed by atoms with van der Waals surface area (Å²) in [4.78, 5) is 12.5. The van der Waals surface area contributed by atoms with Crippen molar-refractivity contribution in [3.05, 3.63) is 42.5 Å². The van der Waals surface area contributed by atoms with Crippen molar-refractivity contribution < 1.29 is 14.3 Å². The number of hydrogen-bond acceptors (Lipinski definition) is 3. The standard InChI is InChI=1S/C21H25NO3/c1-24-18-11-8-15(9-12-18)19-14-17(10-13-20(19)25-2)22-21(23)16-6-4-3-5-7-16/h8-14,16H,3-7H2,1-2H3,(H,22,23). The van der Waals surface area contributed by atoms with E-state index >= 15 is 0 Å². The third-order valence-corrected chi connectivity index (χ3v) is 4.84. The maximum Gasteiger partial charge on any atom is 0.227 e. The molecule has 1 amide bonds. The highest BCUT2D eigenvalue weighted by Crippen LogP contribution is 2.34. The van der Waals surface area contributed by atoms with Crippen LogP contribution in [0.25, 0.3) is 11.1 Å². The zero-order valence-electron chi connectivity index (χ0n) is 14.9. The van der Waals surface area contributed by atoms with Crippen LogP contribution in [-0.2, 0) is 4.79 Å². The summed E-state index contributed by atoms with van der Waals surface area (Å²) in [6.07, 6.45) is 5.53. The largest absolute Gasteiger partial charge is 0.497 e. The second-order valence-electron chi connectivity index (χ2n) is 6.47. The first-order chi connectivity index (χ1) is 12.2. The quantitative estimate of drug-likeness (QED) is 0.844. The van der Waals surface area contributed by atoms with Crippen LogP contribution in [0.1, 0.15) is 32.1 Å². The number of methoxy groups -OCH3 is 2. The lowest BCUT2D eigenvalue weighted by Crippen LogP contribution is -2.24. The minimum absolute atomic E-state index is 0.130. The fourth-order valence-electron chi connectivity index (χ4n) is 3.39. The maximum absolute atomic E-state index is 12.5. The maximum atomic E-state index is 12.5. The van der Waals surface area contributed by atoms with Gasteiger partial charge in [0.2, 0.25) is 5.91 Å². The van der Waals surface area contributed by atoms with Crippen LogP contribution in [0.2, 0.25) is 0 Å². The molecule has 4 heteroatoms. The molecule has 0 saturated heterocycles. The van der Waals surface area contributed by atoms with Crippen LogP contribution >= 0.6 is 0 Å². The number of nitrogens with one attached hydrogen (secondary N) is 1. The molecule has 2 aromatic rings. The Hall–Kier alpha value is -2.49. The molecule has 0 aliphatic heterocycles. The Morgan fingerprint density at radius 3 is 2.32 bits per heavy atom. The van der Waals surface area contributed by atoms with E-state index in [0.29, 0.717) is 0 Å². The summed E-state index contributed by atoms with van der Waals surface area (Å²) < 4.78 is 10.7. The van der Waals surface area contributed by atoms with Gasteiger partial charge in [0.25, 0.3) is 0 Å². The van der Waals surface area contributed by atoms with Gasteiger partial charge in [0, 0.05) is 17.2 Å². The number of amides is 1. The van der Waals surface area contributed by atoms with Crippen LogP contribution < -0.4 is 14.8 Å². The van der Waals surface area contributed by atoms with Gasteiger partial charge in [-0.25, -0.2) is 0 Å². The molecular formula is C21H25NO3. The first-order valence-corrected chi connectivity index (χ1v) is 8.84. The second kappa shape index (κ2) is 8.06. The predicted molar refractivity (Wildman–Crippen MR) is 100 cm³/mol. The van der Waals surface area contributed by atoms with Gasteiger partial charge in [-0.1, -0.05) is 31.4 Å². The molecule has 1 aliphatic rings. The van der Waals surface area contributed by atoms with Crippen molar-refractivity contribution in [1.82, 2.24) is 0 Å². The molecule has 0 heterocycles. The van der Waals surface area contributed by atoms with E-state index in [1.807, 2.05) is 42.5 Å². The Morgan fingerprint density at radius 2 is 1.68 bits per heavy atom. The topological polar surface area (TPSA) is 47.6 Å². The first-order valence-electron chi connectivity index (χ1n) is 8.84. The molecule has 0 spiro atoms. The van der Waals surface area contributed by atoms with Crippen molar-refractivity contribution >= 4 is 11.6 Å². The van der Waals surface area contributed by atoms with Gasteiger partial charge in [-0.2, -0.15) is 0 Å². The average molecular weight is 339 g/mol. The van der Waals surface area contributed by atoms with Crippen LogP contribution in [0.3, 0.4) is 0 Å². The molecule has 4 nitrogen and oxygen atoms in total. The molecule has 0 aromatic heterocycles. The van der Waals surface area contributed by atoms with Crippen LogP contribution in [0.15, 0.2) is 42.5 Å². The van der Waals surface area contributed by atoms with Crippen molar-refractivity contribution in [3.63, 3.8) is 0 Å². The van der Waals surface area contributed by atoms with Gasteiger partial charge in [0.05, 0.1) is 14.2 Å². The van der Waals surface area contributed by atoms with Crippen LogP contribution in [0.4, 0.5) is 5.69 Å². The zero-order chi connectivity index (χ0) is 17.6. The minimum Gasteiger partial charge on any atom is -0.497 e. The fourth-order valence-corrected chi connectivity index (χ4v) is 3.39. The molecule has 1 N–H and O–H groups in total. The number of anilines is 1. The Balaban J connectivity index is 1.82. The molecule has 3 rings (SSSR count). The van der Waals surface area contributed by atoms with Crippen LogP contribution in [0, 0.1) is 5.92 Å². The molecule has 1 aliphatic carbocycles. The van der Waals surface area contributed by atoms with Crippen molar-refractivity contribution in [3.8, 4) is 22.6 Å². The molecule has 0 unspecified atom stereocenters. The number of carbonyl (C=O) groups excluding carboxylic acids is 1. The highest BCUT2D eigenvalue weighted by Gasteiger charge is 2.21. The van der Waals surface area contributed by atoms with Crippen molar-refractivity contribution in [2.24, 2.45) is 5.92 Å². The molecule has 2 aromatic carbocycles. The summed E-state index contributed by atoms with van der Waals surface area (Å²) >= 11 is 0. The second-order valence-corrected chi connectivity index (χ2v) is 6.47. The molecule has 0 radical (unpaired) electrons. The van der Waals surface area contributed by atoms with E-state index in [4.69, 9.17) is 9.47 Å². The van der Waals surface area contributed by atoms with Gasteiger partial charge in [-0.05, 0) is 48.7 Å². The Morgan fingerprint density at radius 1 is 0.960 bits per heavy atom. The van der Waals surface area contributed by atoms with Gasteiger partial charge >= 0.3 is 0 Å². The van der Waals surface area contributed by atoms with E-state index in [2.05, 4.69) is 5.32 Å². The minimum atomic E-state index is 0.130. The SMILES string of the molecule is COc1ccc(-c2cc(NC(=O)C3CCCCC3)ccc2OC)cc1. The number of hydrogen-bond donors (Lipinski definition) is 1. The van der Waals surface area contributed by atoms with E-state index in [1.54, 1.807) is 14.2 Å². The monoisotopic (exact) mass is 339 g/mol. The van der Waals surface area contributed by atoms with Crippen molar-refractivity contribution in [2.45, 2.75) is 32.1 Å². The van der Waals surface area contributed by atoms with Gasteiger partial charge < -0.3 is 14.8 Å². The number of benzene rings is 2. The summed E-state index contributed by atoms with van der Waals surface area (Å²) in [6, 6.07) is 13.6. The van der Waals surface area contributed by atoms with E-state index < -0.39 is 0 Å². The molecule has 132 valence electrons. The lowest BCUT2D eigenvalue weighted by Gasteiger charge is -2.21. The third kappa shape index (κ3) is 4.13. The van der Waals surface area contributed by atoms with Gasteiger partial charge in [0.1, 0.15) is 11.5 Å². The lowest BCUT2D eigenvalue weighted by atomic mass is 9.88. The Kier molecular flexibility index (Phi) is 5.59. The number of carbonyl (C=O) groups is 1. The highest BCUT2D eigenvalue weighted by atomic mass is 16.5. The predicted octanol–water partition coefficient (Wildman–Crippen LogP) is 4.89. The molecule has 25 heavy (non-hydrogen) atoms. The van der Waals surface area contributed by atoms with E-state index in [0.717, 1.165) is 54.0 Å². The van der Waals surface area contributed by atoms with E-state index in [9.17, 15) is 4.79 Å². The smallest absolute Gasteiger partial charge is 0.227 e. The van der Waals surface area contributed by atoms with E-state index in [-0.39, 0.29) is 11.8 Å². The third-order valence-electron chi connectivity index (χ3n) is 4.84. The average Bonchev–Trinajstić information content (AvgIpc) is 2.68. The van der Waals surface area contributed by atoms with Crippen molar-refractivity contribution in [1.29, 1.82) is 0 Å². The molecule has 0 atom stereocenters. The molecule has 0 bridgehead atoms. The van der Waals surface area contributed by atoms with Crippen molar-refractivity contribution in [2.75, 3.05) is 19.5 Å². The number of ether oxygens (including phenoxy) is 2. The van der Waals surface area contributed by atoms with Crippen LogP contribution in [0.5, 0.6) is 11.5 Å². The lowest BCUT2D eigenvalue weighted by molar-refractivity contribution is -0.120. The summed E-state index contributed by atoms with van der Waals surface area (Å²) in [6.45, 7) is 0. The fraction of sp³-hybridized carbons (Fsp3) is 0.381. The zero-order valence-corrected chi connectivity index (χ0v) is 14.9. The van der Waals surface area contributed by atoms with E-state index in [1.165, 1.54) is 6.42 Å². The van der Waals surface area contributed by atoms with Gasteiger partial charge in [-0.3, -0.25) is 4.79 Å². The molecule has 1 saturated carbocycles. The first kappa shape index (κ1) is 17.3. The van der Waals surface area contributed by atoms with Gasteiger partial charge in [0.15, 0.2) is 0 Å². The summed E-state index contributed by atoms with van der Waals surface area (Å²) in [5.74, 6) is 1.86. The summed E-state index contributed by atoms with van der Waals surface area (Å²) in [7, 11) is 3.31. The molecular weight excluding hydrogens is 314 g/mol. The summed E-state index contributed by atoms with van der Waals surface area (Å²) in [5, 5.41) is 3.08. The summed E-state index contributed by atoms with van der Waals surface area (Å²) in [5.41, 5.74) is 2.78. The normalized spacial score (nSPS) is 14.8. The highest BCUT2D eigenvalue weighted by molar-refractivity contribution is 5.93. The number of rotatable bonds is 5. The molecule has 1 fully saturated rings. The Bertz CT molecular complexity index is 718.